The lowest BCUT2D eigenvalue weighted by Crippen LogP contribution is -2.42. The minimum atomic E-state index is -0.288. The number of nitrogens with zero attached hydrogens (tertiary/aromatic N) is 2. The molecule has 0 saturated carbocycles. The molecule has 0 radical (unpaired) electrons. The van der Waals surface area contributed by atoms with Crippen molar-refractivity contribution >= 4 is 5.91 Å². The molecule has 1 aliphatic rings. The topological polar surface area (TPSA) is 68.5 Å². The van der Waals surface area contributed by atoms with Crippen LogP contribution in [0.2, 0.25) is 0 Å². The maximum atomic E-state index is 13.1. The molecule has 1 aliphatic heterocycles. The van der Waals surface area contributed by atoms with Crippen LogP contribution in [0.3, 0.4) is 0 Å². The average Bonchev–Trinajstić information content (AvgIpc) is 2.61. The molecule has 0 bridgehead atoms. The molecular weight excluding hydrogens is 309 g/mol. The van der Waals surface area contributed by atoms with E-state index in [0.717, 1.165) is 11.3 Å². The summed E-state index contributed by atoms with van der Waals surface area (Å²) in [6.07, 6.45) is -0.250. The summed E-state index contributed by atoms with van der Waals surface area (Å²) in [4.78, 5) is 18.9. The Morgan fingerprint density at radius 3 is 2.75 bits per heavy atom. The molecule has 1 atom stereocenters. The Labute approximate surface area is 140 Å². The molecule has 3 rings (SSSR count). The fourth-order valence-electron chi connectivity index (χ4n) is 2.84. The first-order chi connectivity index (χ1) is 11.6. The van der Waals surface area contributed by atoms with Gasteiger partial charge in [0.25, 0.3) is 5.91 Å². The molecule has 1 saturated heterocycles. The Bertz CT molecular complexity index is 734. The van der Waals surface area contributed by atoms with Crippen molar-refractivity contribution in [3.05, 3.63) is 64.7 Å². The lowest BCUT2D eigenvalue weighted by Gasteiger charge is -2.33. The van der Waals surface area contributed by atoms with Gasteiger partial charge in [-0.1, -0.05) is 12.1 Å². The molecule has 0 aliphatic carbocycles. The van der Waals surface area contributed by atoms with Gasteiger partial charge in [0.1, 0.15) is 11.9 Å². The number of nitrogens with two attached hydrogens (primary N) is 1. The predicted molar refractivity (Wildman–Crippen MR) is 87.9 cm³/mol. The fraction of sp³-hybridized carbons (Fsp3) is 0.333. The minimum absolute atomic E-state index is 0.0704. The summed E-state index contributed by atoms with van der Waals surface area (Å²) >= 11 is 0. The van der Waals surface area contributed by atoms with Gasteiger partial charge in [0.2, 0.25) is 0 Å². The van der Waals surface area contributed by atoms with Gasteiger partial charge in [-0.05, 0) is 36.8 Å². The molecule has 1 fully saturated rings. The smallest absolute Gasteiger partial charge is 0.255 e. The Kier molecular flexibility index (Phi) is 4.87. The second kappa shape index (κ2) is 7.07. The van der Waals surface area contributed by atoms with Crippen LogP contribution < -0.4 is 5.73 Å². The van der Waals surface area contributed by atoms with Gasteiger partial charge in [-0.3, -0.25) is 9.78 Å². The highest BCUT2D eigenvalue weighted by molar-refractivity contribution is 5.95. The average molecular weight is 329 g/mol. The number of halogens is 1. The fourth-order valence-corrected chi connectivity index (χ4v) is 2.84. The Morgan fingerprint density at radius 1 is 1.33 bits per heavy atom. The molecule has 1 amide bonds. The normalized spacial score (nSPS) is 17.8. The molecule has 1 aromatic carbocycles. The van der Waals surface area contributed by atoms with Crippen LogP contribution in [0.1, 0.15) is 33.4 Å². The third kappa shape index (κ3) is 3.44. The van der Waals surface area contributed by atoms with E-state index < -0.39 is 0 Å². The summed E-state index contributed by atoms with van der Waals surface area (Å²) in [6.45, 7) is 3.56. The Balaban J connectivity index is 1.76. The van der Waals surface area contributed by atoms with Crippen molar-refractivity contribution in [1.29, 1.82) is 0 Å². The van der Waals surface area contributed by atoms with E-state index in [1.165, 1.54) is 12.1 Å². The number of benzene rings is 1. The number of pyridine rings is 1. The van der Waals surface area contributed by atoms with Gasteiger partial charge in [-0.2, -0.15) is 0 Å². The van der Waals surface area contributed by atoms with Crippen molar-refractivity contribution in [2.75, 3.05) is 19.7 Å². The molecule has 0 spiro atoms. The quantitative estimate of drug-likeness (QED) is 0.937. The van der Waals surface area contributed by atoms with E-state index in [0.29, 0.717) is 37.5 Å². The number of ether oxygens (including phenoxy) is 1. The molecule has 6 heteroatoms. The number of aromatic nitrogens is 1. The SMILES string of the molecule is Cc1nc(CN)ccc1C(=O)N1CCO[C@H](c2ccc(F)cc2)C1. The number of aryl methyl sites for hydroxylation is 1. The Hall–Kier alpha value is -2.31. The monoisotopic (exact) mass is 329 g/mol. The zero-order chi connectivity index (χ0) is 17.1. The first kappa shape index (κ1) is 16.5. The maximum absolute atomic E-state index is 13.1. The number of hydrogen-bond acceptors (Lipinski definition) is 4. The van der Waals surface area contributed by atoms with Crippen molar-refractivity contribution < 1.29 is 13.9 Å². The number of hydrogen-bond donors (Lipinski definition) is 1. The summed E-state index contributed by atoms with van der Waals surface area (Å²) in [5.41, 5.74) is 8.45. The summed E-state index contributed by atoms with van der Waals surface area (Å²) in [5.74, 6) is -0.358. The summed E-state index contributed by atoms with van der Waals surface area (Å²) < 4.78 is 18.8. The number of carbonyl (C=O) groups excluding carboxylic acids is 1. The van der Waals surface area contributed by atoms with E-state index in [1.54, 1.807) is 29.2 Å². The predicted octanol–water partition coefficient (Wildman–Crippen LogP) is 2.20. The van der Waals surface area contributed by atoms with Gasteiger partial charge >= 0.3 is 0 Å². The van der Waals surface area contributed by atoms with E-state index in [-0.39, 0.29) is 17.8 Å². The van der Waals surface area contributed by atoms with Crippen molar-refractivity contribution in [3.63, 3.8) is 0 Å². The minimum Gasteiger partial charge on any atom is -0.370 e. The number of amides is 1. The van der Waals surface area contributed by atoms with Crippen molar-refractivity contribution in [3.8, 4) is 0 Å². The van der Waals surface area contributed by atoms with Crippen LogP contribution in [0, 0.1) is 12.7 Å². The molecule has 0 unspecified atom stereocenters. The highest BCUT2D eigenvalue weighted by Gasteiger charge is 2.27. The first-order valence-corrected chi connectivity index (χ1v) is 7.91. The van der Waals surface area contributed by atoms with Crippen LogP contribution in [0.25, 0.3) is 0 Å². The second-order valence-electron chi connectivity index (χ2n) is 5.80. The van der Waals surface area contributed by atoms with Gasteiger partial charge in [-0.15, -0.1) is 0 Å². The molecule has 5 nitrogen and oxygen atoms in total. The van der Waals surface area contributed by atoms with E-state index in [2.05, 4.69) is 4.98 Å². The highest BCUT2D eigenvalue weighted by atomic mass is 19.1. The largest absolute Gasteiger partial charge is 0.370 e. The molecule has 24 heavy (non-hydrogen) atoms. The molecule has 1 aromatic heterocycles. The molecule has 2 N–H and O–H groups in total. The van der Waals surface area contributed by atoms with E-state index >= 15 is 0 Å². The van der Waals surface area contributed by atoms with Gasteiger partial charge in [-0.25, -0.2) is 4.39 Å². The third-order valence-electron chi connectivity index (χ3n) is 4.18. The van der Waals surface area contributed by atoms with Crippen LogP contribution in [0.15, 0.2) is 36.4 Å². The van der Waals surface area contributed by atoms with Crippen LogP contribution in [-0.2, 0) is 11.3 Å². The van der Waals surface area contributed by atoms with Gasteiger partial charge in [0.05, 0.1) is 30.1 Å². The second-order valence-corrected chi connectivity index (χ2v) is 5.80. The number of morpholine rings is 1. The molecular formula is C18H20FN3O2. The lowest BCUT2D eigenvalue weighted by atomic mass is 10.1. The third-order valence-corrected chi connectivity index (χ3v) is 4.18. The van der Waals surface area contributed by atoms with Crippen molar-refractivity contribution in [2.24, 2.45) is 5.73 Å². The van der Waals surface area contributed by atoms with Gasteiger partial charge in [0.15, 0.2) is 0 Å². The molecule has 126 valence electrons. The molecule has 2 heterocycles. The summed E-state index contributed by atoms with van der Waals surface area (Å²) in [6, 6.07) is 9.74. The molecule has 2 aromatic rings. The van der Waals surface area contributed by atoms with Crippen LogP contribution >= 0.6 is 0 Å². The van der Waals surface area contributed by atoms with Gasteiger partial charge < -0.3 is 15.4 Å². The van der Waals surface area contributed by atoms with Crippen LogP contribution in [-0.4, -0.2) is 35.5 Å². The highest BCUT2D eigenvalue weighted by Crippen LogP contribution is 2.24. The summed E-state index contributed by atoms with van der Waals surface area (Å²) in [5, 5.41) is 0. The zero-order valence-corrected chi connectivity index (χ0v) is 13.5. The number of rotatable bonds is 3. The van der Waals surface area contributed by atoms with Crippen LogP contribution in [0.5, 0.6) is 0 Å². The van der Waals surface area contributed by atoms with Crippen LogP contribution in [0.4, 0.5) is 4.39 Å². The summed E-state index contributed by atoms with van der Waals surface area (Å²) in [7, 11) is 0. The van der Waals surface area contributed by atoms with E-state index in [1.807, 2.05) is 6.92 Å². The van der Waals surface area contributed by atoms with Crippen molar-refractivity contribution in [2.45, 2.75) is 19.6 Å². The zero-order valence-electron chi connectivity index (χ0n) is 13.5. The first-order valence-electron chi connectivity index (χ1n) is 7.91. The van der Waals surface area contributed by atoms with Crippen molar-refractivity contribution in [1.82, 2.24) is 9.88 Å². The standard InChI is InChI=1S/C18H20FN3O2/c1-12-16(7-6-15(10-20)21-12)18(23)22-8-9-24-17(11-22)13-2-4-14(19)5-3-13/h2-7,17H,8-11,20H2,1H3/t17-/m0/s1. The van der Waals surface area contributed by atoms with E-state index in [4.69, 9.17) is 10.5 Å². The lowest BCUT2D eigenvalue weighted by molar-refractivity contribution is -0.0228. The number of carbonyl (C=O) groups is 1. The maximum Gasteiger partial charge on any atom is 0.255 e. The Morgan fingerprint density at radius 2 is 2.08 bits per heavy atom. The van der Waals surface area contributed by atoms with Gasteiger partial charge in [0, 0.05) is 13.1 Å². The van der Waals surface area contributed by atoms with E-state index in [9.17, 15) is 9.18 Å².